The molecule has 10 heavy (non-hydrogen) atoms. The van der Waals surface area contributed by atoms with Crippen molar-refractivity contribution in [1.82, 2.24) is 0 Å². The molecule has 1 heteroatoms. The van der Waals surface area contributed by atoms with E-state index in [9.17, 15) is 0 Å². The maximum atomic E-state index is 5.11. The van der Waals surface area contributed by atoms with Crippen LogP contribution in [0.2, 0.25) is 0 Å². The largest absolute Gasteiger partial charge is 0.120 e. The summed E-state index contributed by atoms with van der Waals surface area (Å²) in [5.41, 5.74) is 1.21. The first kappa shape index (κ1) is 9.30. The zero-order chi connectivity index (χ0) is 6.53. The summed E-state index contributed by atoms with van der Waals surface area (Å²) in [6.07, 6.45) is 5.85. The molecule has 0 saturated carbocycles. The minimum atomic E-state index is 0. The third kappa shape index (κ3) is 2.73. The Morgan fingerprint density at radius 2 is 1.80 bits per heavy atom. The standard InChI is InChI=1S/C9H8.Cu/c1-2-6-9-7-4-3-5-8-9;/h1,3-5,7-8H,6H2;. The van der Waals surface area contributed by atoms with Crippen LogP contribution in [0, 0.1) is 12.3 Å². The molecular formula is C9H8Cu. The summed E-state index contributed by atoms with van der Waals surface area (Å²) in [6.45, 7) is 0. The Balaban J connectivity index is 0.000000810. The molecule has 1 radical (unpaired) electrons. The minimum Gasteiger partial charge on any atom is -0.120 e. The van der Waals surface area contributed by atoms with E-state index in [1.54, 1.807) is 0 Å². The number of rotatable bonds is 1. The van der Waals surface area contributed by atoms with Gasteiger partial charge in [0.15, 0.2) is 0 Å². The Labute approximate surface area is 72.1 Å². The normalized spacial score (nSPS) is 7.50. The Bertz CT molecular complexity index is 208. The van der Waals surface area contributed by atoms with Crippen LogP contribution in [0.4, 0.5) is 0 Å². The van der Waals surface area contributed by atoms with Crippen molar-refractivity contribution < 1.29 is 17.1 Å². The van der Waals surface area contributed by atoms with Crippen LogP contribution >= 0.6 is 0 Å². The van der Waals surface area contributed by atoms with Gasteiger partial charge in [0, 0.05) is 23.5 Å². The Morgan fingerprint density at radius 3 is 2.30 bits per heavy atom. The van der Waals surface area contributed by atoms with Crippen LogP contribution in [-0.2, 0) is 23.5 Å². The molecule has 0 atom stereocenters. The summed E-state index contributed by atoms with van der Waals surface area (Å²) < 4.78 is 0. The molecule has 0 N–H and O–H groups in total. The van der Waals surface area contributed by atoms with E-state index in [-0.39, 0.29) is 17.1 Å². The number of benzene rings is 1. The van der Waals surface area contributed by atoms with E-state index in [0.29, 0.717) is 0 Å². The van der Waals surface area contributed by atoms with Gasteiger partial charge in [-0.05, 0) is 5.56 Å². The molecule has 0 unspecified atom stereocenters. The van der Waals surface area contributed by atoms with Gasteiger partial charge in [-0.15, -0.1) is 12.3 Å². The molecule has 1 rings (SSSR count). The summed E-state index contributed by atoms with van der Waals surface area (Å²) >= 11 is 0. The number of terminal acetylenes is 1. The van der Waals surface area contributed by atoms with Gasteiger partial charge in [-0.3, -0.25) is 0 Å². The van der Waals surface area contributed by atoms with E-state index in [1.165, 1.54) is 5.56 Å². The third-order valence-electron chi connectivity index (χ3n) is 1.15. The topological polar surface area (TPSA) is 0 Å². The Morgan fingerprint density at radius 1 is 1.20 bits per heavy atom. The third-order valence-corrected chi connectivity index (χ3v) is 1.15. The molecule has 0 bridgehead atoms. The van der Waals surface area contributed by atoms with E-state index < -0.39 is 0 Å². The molecule has 0 aliphatic carbocycles. The van der Waals surface area contributed by atoms with Gasteiger partial charge in [0.1, 0.15) is 0 Å². The van der Waals surface area contributed by atoms with Crippen LogP contribution in [-0.4, -0.2) is 0 Å². The Hall–Kier alpha value is -0.701. The second-order valence-electron chi connectivity index (χ2n) is 1.87. The van der Waals surface area contributed by atoms with Crippen molar-refractivity contribution in [2.45, 2.75) is 6.42 Å². The van der Waals surface area contributed by atoms with E-state index in [0.717, 1.165) is 6.42 Å². The average molecular weight is 180 g/mol. The van der Waals surface area contributed by atoms with E-state index in [4.69, 9.17) is 6.42 Å². The predicted octanol–water partition coefficient (Wildman–Crippen LogP) is 1.86. The molecular weight excluding hydrogens is 172 g/mol. The van der Waals surface area contributed by atoms with Crippen molar-refractivity contribution in [2.75, 3.05) is 0 Å². The molecule has 1 aromatic carbocycles. The van der Waals surface area contributed by atoms with Crippen molar-refractivity contribution >= 4 is 0 Å². The first-order valence-electron chi connectivity index (χ1n) is 2.91. The molecule has 0 aromatic heterocycles. The first-order chi connectivity index (χ1) is 4.43. The van der Waals surface area contributed by atoms with Gasteiger partial charge in [-0.2, -0.15) is 0 Å². The van der Waals surface area contributed by atoms with E-state index in [1.807, 2.05) is 30.3 Å². The van der Waals surface area contributed by atoms with Crippen LogP contribution in [0.25, 0.3) is 0 Å². The van der Waals surface area contributed by atoms with Crippen LogP contribution in [0.15, 0.2) is 30.3 Å². The van der Waals surface area contributed by atoms with Gasteiger partial charge in [0.25, 0.3) is 0 Å². The molecule has 0 aliphatic rings. The summed E-state index contributed by atoms with van der Waals surface area (Å²) in [6, 6.07) is 10.0. The zero-order valence-corrected chi connectivity index (χ0v) is 6.41. The summed E-state index contributed by atoms with van der Waals surface area (Å²) in [4.78, 5) is 0. The fourth-order valence-electron chi connectivity index (χ4n) is 0.714. The number of hydrogen-bond acceptors (Lipinski definition) is 0. The molecule has 1 aromatic rings. The van der Waals surface area contributed by atoms with Gasteiger partial charge in [-0.25, -0.2) is 0 Å². The van der Waals surface area contributed by atoms with Gasteiger partial charge < -0.3 is 0 Å². The van der Waals surface area contributed by atoms with Crippen molar-refractivity contribution in [3.63, 3.8) is 0 Å². The second-order valence-corrected chi connectivity index (χ2v) is 1.87. The molecule has 55 valence electrons. The zero-order valence-electron chi connectivity index (χ0n) is 5.47. The molecule has 0 heterocycles. The number of hydrogen-bond donors (Lipinski definition) is 0. The quantitative estimate of drug-likeness (QED) is 0.456. The minimum absolute atomic E-state index is 0. The fourth-order valence-corrected chi connectivity index (χ4v) is 0.714. The maximum Gasteiger partial charge on any atom is 0.0337 e. The van der Waals surface area contributed by atoms with Gasteiger partial charge in [0.05, 0.1) is 0 Å². The smallest absolute Gasteiger partial charge is 0.0337 e. The maximum absolute atomic E-state index is 5.11. The fraction of sp³-hybridized carbons (Fsp3) is 0.111. The van der Waals surface area contributed by atoms with Crippen molar-refractivity contribution in [3.8, 4) is 12.3 Å². The molecule has 0 saturated heterocycles. The summed E-state index contributed by atoms with van der Waals surface area (Å²) in [5.74, 6) is 2.58. The van der Waals surface area contributed by atoms with Gasteiger partial charge in [-0.1, -0.05) is 30.3 Å². The van der Waals surface area contributed by atoms with Crippen molar-refractivity contribution in [1.29, 1.82) is 0 Å². The van der Waals surface area contributed by atoms with Gasteiger partial charge >= 0.3 is 0 Å². The molecule has 0 aliphatic heterocycles. The SMILES string of the molecule is C#CCc1ccccc1.[Cu]. The second kappa shape index (κ2) is 5.11. The van der Waals surface area contributed by atoms with E-state index in [2.05, 4.69) is 5.92 Å². The first-order valence-corrected chi connectivity index (χ1v) is 2.91. The van der Waals surface area contributed by atoms with Crippen LogP contribution in [0.1, 0.15) is 5.56 Å². The molecule has 0 amide bonds. The van der Waals surface area contributed by atoms with Crippen LogP contribution < -0.4 is 0 Å². The van der Waals surface area contributed by atoms with Crippen molar-refractivity contribution in [3.05, 3.63) is 35.9 Å². The van der Waals surface area contributed by atoms with Gasteiger partial charge in [0.2, 0.25) is 0 Å². The Kier molecular flexibility index (Phi) is 4.76. The van der Waals surface area contributed by atoms with E-state index >= 15 is 0 Å². The summed E-state index contributed by atoms with van der Waals surface area (Å²) in [7, 11) is 0. The molecule has 0 nitrogen and oxygen atoms in total. The monoisotopic (exact) mass is 179 g/mol. The van der Waals surface area contributed by atoms with Crippen LogP contribution in [0.5, 0.6) is 0 Å². The summed E-state index contributed by atoms with van der Waals surface area (Å²) in [5, 5.41) is 0. The molecule has 0 spiro atoms. The van der Waals surface area contributed by atoms with Crippen LogP contribution in [0.3, 0.4) is 0 Å². The average Bonchev–Trinajstić information content (AvgIpc) is 1.91. The predicted molar refractivity (Wildman–Crippen MR) is 39.0 cm³/mol. The van der Waals surface area contributed by atoms with Crippen molar-refractivity contribution in [2.24, 2.45) is 0 Å². The molecule has 0 fully saturated rings.